The van der Waals surface area contributed by atoms with Crippen molar-refractivity contribution in [2.45, 2.75) is 39.3 Å². The first-order valence-electron chi connectivity index (χ1n) is 9.37. The molecule has 0 N–H and O–H groups in total. The Bertz CT molecular complexity index is 897. The lowest BCUT2D eigenvalue weighted by Gasteiger charge is -2.29. The van der Waals surface area contributed by atoms with Gasteiger partial charge in [0.15, 0.2) is 0 Å². The van der Waals surface area contributed by atoms with Crippen molar-refractivity contribution in [3.05, 3.63) is 65.7 Å². The first-order valence-corrected chi connectivity index (χ1v) is 11.0. The Morgan fingerprint density at radius 1 is 1.15 bits per heavy atom. The summed E-state index contributed by atoms with van der Waals surface area (Å²) < 4.78 is 25.8. The van der Waals surface area contributed by atoms with Crippen molar-refractivity contribution in [3.63, 3.8) is 0 Å². The van der Waals surface area contributed by atoms with Crippen molar-refractivity contribution in [3.8, 4) is 0 Å². The number of hydrogen-bond donors (Lipinski definition) is 0. The Morgan fingerprint density at radius 2 is 1.89 bits per heavy atom. The SMILES string of the molecule is CC[C@@H](C)N(Cc1ccccc1)C(=O)c1cccc(N2CCCS2(=O)=O)c1. The van der Waals surface area contributed by atoms with E-state index in [4.69, 9.17) is 0 Å². The molecule has 0 bridgehead atoms. The van der Waals surface area contributed by atoms with Gasteiger partial charge in [0, 0.05) is 24.7 Å². The molecular weight excluding hydrogens is 360 g/mol. The molecule has 0 aromatic heterocycles. The van der Waals surface area contributed by atoms with Crippen LogP contribution in [0, 0.1) is 0 Å². The molecule has 1 heterocycles. The Labute approximate surface area is 161 Å². The van der Waals surface area contributed by atoms with Crippen LogP contribution in [0.1, 0.15) is 42.6 Å². The van der Waals surface area contributed by atoms with E-state index >= 15 is 0 Å². The minimum absolute atomic E-state index is 0.0772. The minimum Gasteiger partial charge on any atom is -0.332 e. The molecule has 5 nitrogen and oxygen atoms in total. The van der Waals surface area contributed by atoms with E-state index in [1.165, 1.54) is 4.31 Å². The van der Waals surface area contributed by atoms with Crippen molar-refractivity contribution in [1.82, 2.24) is 4.90 Å². The molecular formula is C21H26N2O3S. The molecule has 1 saturated heterocycles. The summed E-state index contributed by atoms with van der Waals surface area (Å²) in [4.78, 5) is 15.1. The van der Waals surface area contributed by atoms with Gasteiger partial charge < -0.3 is 4.90 Å². The van der Waals surface area contributed by atoms with Gasteiger partial charge in [0.1, 0.15) is 0 Å². The van der Waals surface area contributed by atoms with Crippen LogP contribution in [0.25, 0.3) is 0 Å². The van der Waals surface area contributed by atoms with Crippen LogP contribution >= 0.6 is 0 Å². The summed E-state index contributed by atoms with van der Waals surface area (Å²) in [6, 6.07) is 17.0. The lowest BCUT2D eigenvalue weighted by Crippen LogP contribution is -2.38. The van der Waals surface area contributed by atoms with Crippen molar-refractivity contribution in [1.29, 1.82) is 0 Å². The zero-order valence-corrected chi connectivity index (χ0v) is 16.7. The van der Waals surface area contributed by atoms with Gasteiger partial charge in [0.25, 0.3) is 5.91 Å². The van der Waals surface area contributed by atoms with Gasteiger partial charge in [0.2, 0.25) is 10.0 Å². The molecule has 0 spiro atoms. The summed E-state index contributed by atoms with van der Waals surface area (Å²) >= 11 is 0. The van der Waals surface area contributed by atoms with Gasteiger partial charge in [-0.1, -0.05) is 43.3 Å². The minimum atomic E-state index is -3.26. The van der Waals surface area contributed by atoms with E-state index in [0.29, 0.717) is 30.8 Å². The highest BCUT2D eigenvalue weighted by Crippen LogP contribution is 2.26. The maximum absolute atomic E-state index is 13.2. The predicted molar refractivity (Wildman–Crippen MR) is 108 cm³/mol. The van der Waals surface area contributed by atoms with Crippen molar-refractivity contribution < 1.29 is 13.2 Å². The van der Waals surface area contributed by atoms with Crippen LogP contribution in [0.15, 0.2) is 54.6 Å². The zero-order valence-electron chi connectivity index (χ0n) is 15.8. The fourth-order valence-electron chi connectivity index (χ4n) is 3.32. The summed E-state index contributed by atoms with van der Waals surface area (Å²) in [5.41, 5.74) is 2.16. The number of carbonyl (C=O) groups excluding carboxylic acids is 1. The van der Waals surface area contributed by atoms with Crippen molar-refractivity contribution >= 4 is 21.6 Å². The lowest BCUT2D eigenvalue weighted by molar-refractivity contribution is 0.0671. The van der Waals surface area contributed by atoms with Crippen LogP contribution in [0.5, 0.6) is 0 Å². The Balaban J connectivity index is 1.89. The number of hydrogen-bond acceptors (Lipinski definition) is 3. The van der Waals surface area contributed by atoms with Crippen LogP contribution < -0.4 is 4.31 Å². The summed E-state index contributed by atoms with van der Waals surface area (Å²) in [6.07, 6.45) is 1.46. The normalized spacial score (nSPS) is 16.9. The standard InChI is InChI=1S/C21H26N2O3S/c1-3-17(2)22(16-18-9-5-4-6-10-18)21(24)19-11-7-12-20(15-19)23-13-8-14-27(23,25)26/h4-7,9-12,15,17H,3,8,13-14,16H2,1-2H3/t17-/m1/s1. The molecule has 1 aliphatic rings. The van der Waals surface area contributed by atoms with Gasteiger partial charge in [-0.15, -0.1) is 0 Å². The predicted octanol–water partition coefficient (Wildman–Crippen LogP) is 3.67. The number of rotatable bonds is 6. The van der Waals surface area contributed by atoms with E-state index in [1.807, 2.05) is 42.2 Å². The van der Waals surface area contributed by atoms with Crippen LogP contribution in [0.3, 0.4) is 0 Å². The van der Waals surface area contributed by atoms with Crippen molar-refractivity contribution in [2.24, 2.45) is 0 Å². The van der Waals surface area contributed by atoms with E-state index < -0.39 is 10.0 Å². The molecule has 144 valence electrons. The summed E-state index contributed by atoms with van der Waals surface area (Å²) in [5, 5.41) is 0. The fourth-order valence-corrected chi connectivity index (χ4v) is 4.87. The molecule has 2 aromatic carbocycles. The number of nitrogens with zero attached hydrogens (tertiary/aromatic N) is 2. The maximum Gasteiger partial charge on any atom is 0.254 e. The van der Waals surface area contributed by atoms with E-state index in [1.54, 1.807) is 24.3 Å². The average molecular weight is 387 g/mol. The highest BCUT2D eigenvalue weighted by Gasteiger charge is 2.29. The molecule has 3 rings (SSSR count). The topological polar surface area (TPSA) is 57.7 Å². The molecule has 1 amide bonds. The van der Waals surface area contributed by atoms with Gasteiger partial charge >= 0.3 is 0 Å². The third kappa shape index (κ3) is 4.33. The molecule has 0 aliphatic carbocycles. The molecule has 0 unspecified atom stereocenters. The van der Waals surface area contributed by atoms with Gasteiger partial charge in [-0.2, -0.15) is 0 Å². The average Bonchev–Trinajstić information content (AvgIpc) is 3.05. The molecule has 1 fully saturated rings. The first-order chi connectivity index (χ1) is 12.9. The zero-order chi connectivity index (χ0) is 19.4. The van der Waals surface area contributed by atoms with Crippen LogP contribution in [0.4, 0.5) is 5.69 Å². The summed E-state index contributed by atoms with van der Waals surface area (Å²) in [5.74, 6) is 0.0877. The largest absolute Gasteiger partial charge is 0.332 e. The fraction of sp³-hybridized carbons (Fsp3) is 0.381. The highest BCUT2D eigenvalue weighted by molar-refractivity contribution is 7.93. The number of sulfonamides is 1. The second-order valence-corrected chi connectivity index (χ2v) is 8.98. The number of carbonyl (C=O) groups is 1. The van der Waals surface area contributed by atoms with E-state index in [2.05, 4.69) is 6.92 Å². The maximum atomic E-state index is 13.2. The van der Waals surface area contributed by atoms with E-state index in [9.17, 15) is 13.2 Å². The molecule has 1 aliphatic heterocycles. The number of amides is 1. The van der Waals surface area contributed by atoms with Gasteiger partial charge in [-0.3, -0.25) is 9.10 Å². The Hall–Kier alpha value is -2.34. The number of anilines is 1. The highest BCUT2D eigenvalue weighted by atomic mass is 32.2. The van der Waals surface area contributed by atoms with Crippen LogP contribution in [-0.2, 0) is 16.6 Å². The Kier molecular flexibility index (Phi) is 5.85. The first kappa shape index (κ1) is 19.4. The molecule has 0 radical (unpaired) electrons. The molecule has 6 heteroatoms. The van der Waals surface area contributed by atoms with Gasteiger partial charge in [-0.05, 0) is 43.5 Å². The summed E-state index contributed by atoms with van der Waals surface area (Å²) in [7, 11) is -3.26. The smallest absolute Gasteiger partial charge is 0.254 e. The van der Waals surface area contributed by atoms with E-state index in [0.717, 1.165) is 12.0 Å². The van der Waals surface area contributed by atoms with Crippen LogP contribution in [0.2, 0.25) is 0 Å². The molecule has 27 heavy (non-hydrogen) atoms. The lowest BCUT2D eigenvalue weighted by atomic mass is 10.1. The second kappa shape index (κ2) is 8.13. The Morgan fingerprint density at radius 3 is 2.52 bits per heavy atom. The number of benzene rings is 2. The third-order valence-electron chi connectivity index (χ3n) is 5.06. The monoisotopic (exact) mass is 386 g/mol. The second-order valence-electron chi connectivity index (χ2n) is 6.97. The molecule has 0 saturated carbocycles. The molecule has 2 aromatic rings. The molecule has 1 atom stereocenters. The van der Waals surface area contributed by atoms with Gasteiger partial charge in [0.05, 0.1) is 11.4 Å². The third-order valence-corrected chi connectivity index (χ3v) is 6.93. The van der Waals surface area contributed by atoms with E-state index in [-0.39, 0.29) is 17.7 Å². The van der Waals surface area contributed by atoms with Crippen molar-refractivity contribution in [2.75, 3.05) is 16.6 Å². The summed E-state index contributed by atoms with van der Waals surface area (Å²) in [6.45, 7) is 5.10. The van der Waals surface area contributed by atoms with Gasteiger partial charge in [-0.25, -0.2) is 8.42 Å². The van der Waals surface area contributed by atoms with Crippen LogP contribution in [-0.4, -0.2) is 37.6 Å². The quantitative estimate of drug-likeness (QED) is 0.761.